The van der Waals surface area contributed by atoms with Gasteiger partial charge in [-0.15, -0.1) is 0 Å². The Balaban J connectivity index is 1.33. The van der Waals surface area contributed by atoms with Crippen molar-refractivity contribution in [2.24, 2.45) is 11.8 Å². The molecule has 2 saturated heterocycles. The number of nitrogens with one attached hydrogen (secondary N) is 1. The van der Waals surface area contributed by atoms with Gasteiger partial charge < -0.3 is 19.7 Å². The van der Waals surface area contributed by atoms with Crippen molar-refractivity contribution in [2.75, 3.05) is 36.5 Å². The molecular weight excluding hydrogens is 466 g/mol. The van der Waals surface area contributed by atoms with Crippen molar-refractivity contribution in [3.8, 4) is 11.9 Å². The summed E-state index contributed by atoms with van der Waals surface area (Å²) in [5.74, 6) is -1.23. The normalized spacial score (nSPS) is 21.6. The van der Waals surface area contributed by atoms with Gasteiger partial charge in [0.05, 0.1) is 35.6 Å². The van der Waals surface area contributed by atoms with Crippen LogP contribution >= 0.6 is 11.6 Å². The molecule has 174 valence electrons. The molecule has 0 saturated carbocycles. The number of pyridine rings is 1. The van der Waals surface area contributed by atoms with Gasteiger partial charge in [-0.3, -0.25) is 0 Å². The molecule has 2 bridgehead atoms. The molecule has 0 spiro atoms. The first-order chi connectivity index (χ1) is 16.5. The molecule has 2 atom stereocenters. The van der Waals surface area contributed by atoms with Gasteiger partial charge >= 0.3 is 0 Å². The van der Waals surface area contributed by atoms with Crippen molar-refractivity contribution in [1.29, 1.82) is 5.26 Å². The smallest absolute Gasteiger partial charge is 0.256 e. The molecular formula is C23H19ClF2N6O2. The predicted octanol–water partition coefficient (Wildman–Crippen LogP) is 3.95. The van der Waals surface area contributed by atoms with E-state index in [1.807, 2.05) is 12.1 Å². The third-order valence-electron chi connectivity index (χ3n) is 5.90. The number of ether oxygens (including phenoxy) is 2. The zero-order valence-corrected chi connectivity index (χ0v) is 18.5. The minimum atomic E-state index is -0.827. The Kier molecular flexibility index (Phi) is 6.13. The van der Waals surface area contributed by atoms with Crippen LogP contribution in [0.3, 0.4) is 0 Å². The Morgan fingerprint density at radius 1 is 1.12 bits per heavy atom. The first-order valence-electron chi connectivity index (χ1n) is 10.6. The van der Waals surface area contributed by atoms with E-state index in [2.05, 4.69) is 25.2 Å². The lowest BCUT2D eigenvalue weighted by atomic mass is 9.84. The van der Waals surface area contributed by atoms with Gasteiger partial charge in [-0.1, -0.05) is 11.6 Å². The number of piperidine rings is 1. The molecule has 0 aliphatic carbocycles. The highest BCUT2D eigenvalue weighted by Crippen LogP contribution is 2.34. The van der Waals surface area contributed by atoms with Crippen LogP contribution in [-0.2, 0) is 4.74 Å². The third-order valence-corrected chi connectivity index (χ3v) is 6.12. The summed E-state index contributed by atoms with van der Waals surface area (Å²) in [7, 11) is 0. The topological polar surface area (TPSA) is 96.2 Å². The third kappa shape index (κ3) is 4.44. The first-order valence-corrected chi connectivity index (χ1v) is 11.0. The summed E-state index contributed by atoms with van der Waals surface area (Å²) in [5.41, 5.74) is 0.140. The molecule has 2 fully saturated rings. The summed E-state index contributed by atoms with van der Waals surface area (Å²) in [6, 6.07) is 9.33. The molecule has 2 aromatic heterocycles. The van der Waals surface area contributed by atoms with Crippen LogP contribution in [0.15, 0.2) is 42.9 Å². The van der Waals surface area contributed by atoms with Gasteiger partial charge in [0.15, 0.2) is 5.82 Å². The van der Waals surface area contributed by atoms with E-state index in [0.29, 0.717) is 31.3 Å². The van der Waals surface area contributed by atoms with E-state index in [1.165, 1.54) is 12.1 Å². The molecule has 1 aromatic carbocycles. The number of rotatable bonds is 5. The number of fused-ring (bicyclic) bond motifs is 2. The van der Waals surface area contributed by atoms with E-state index < -0.39 is 11.6 Å². The van der Waals surface area contributed by atoms with Gasteiger partial charge in [-0.05, 0) is 30.3 Å². The fourth-order valence-corrected chi connectivity index (χ4v) is 4.41. The maximum Gasteiger partial charge on any atom is 0.256 e. The second kappa shape index (κ2) is 9.37. The van der Waals surface area contributed by atoms with E-state index >= 15 is 4.39 Å². The molecule has 2 aliphatic heterocycles. The van der Waals surface area contributed by atoms with Gasteiger partial charge in [0, 0.05) is 31.1 Å². The molecule has 8 nitrogen and oxygen atoms in total. The largest absolute Gasteiger partial charge is 0.471 e. The van der Waals surface area contributed by atoms with E-state index in [0.717, 1.165) is 18.2 Å². The molecule has 2 aliphatic rings. The van der Waals surface area contributed by atoms with Crippen molar-refractivity contribution >= 4 is 28.9 Å². The second-order valence-corrected chi connectivity index (χ2v) is 8.59. The Bertz CT molecular complexity index is 1230. The van der Waals surface area contributed by atoms with Gasteiger partial charge in [0.1, 0.15) is 24.1 Å². The van der Waals surface area contributed by atoms with Crippen molar-refractivity contribution < 1.29 is 18.3 Å². The SMILES string of the molecule is N#Cc1ccc(Nc2ncnc(OC3C4COCC3CN(c3ccc(Cl)cn3)C4)c2F)c(F)c1. The van der Waals surface area contributed by atoms with Crippen LogP contribution in [0.1, 0.15) is 5.56 Å². The van der Waals surface area contributed by atoms with Crippen molar-refractivity contribution in [3.05, 3.63) is 65.1 Å². The molecule has 34 heavy (non-hydrogen) atoms. The number of nitrogens with zero attached hydrogens (tertiary/aromatic N) is 5. The fourth-order valence-electron chi connectivity index (χ4n) is 4.30. The molecule has 3 aromatic rings. The number of halogens is 3. The van der Waals surface area contributed by atoms with E-state index in [9.17, 15) is 4.39 Å². The van der Waals surface area contributed by atoms with Gasteiger partial charge in [-0.2, -0.15) is 14.6 Å². The van der Waals surface area contributed by atoms with Gasteiger partial charge in [-0.25, -0.2) is 14.4 Å². The minimum absolute atomic E-state index is 0.0170. The van der Waals surface area contributed by atoms with Crippen molar-refractivity contribution in [3.63, 3.8) is 0 Å². The highest BCUT2D eigenvalue weighted by Gasteiger charge is 2.43. The summed E-state index contributed by atoms with van der Waals surface area (Å²) in [6.45, 7) is 2.15. The Morgan fingerprint density at radius 3 is 2.59 bits per heavy atom. The predicted molar refractivity (Wildman–Crippen MR) is 120 cm³/mol. The molecule has 0 radical (unpaired) electrons. The van der Waals surface area contributed by atoms with Crippen LogP contribution in [0.5, 0.6) is 5.88 Å². The number of hydrogen-bond donors (Lipinski definition) is 1. The van der Waals surface area contributed by atoms with Crippen LogP contribution in [0, 0.1) is 34.8 Å². The summed E-state index contributed by atoms with van der Waals surface area (Å²) in [6.07, 6.45) is 2.44. The Labute approximate surface area is 199 Å². The summed E-state index contributed by atoms with van der Waals surface area (Å²) >= 11 is 5.95. The lowest BCUT2D eigenvalue weighted by molar-refractivity contribution is -0.0779. The van der Waals surface area contributed by atoms with Crippen LogP contribution in [0.25, 0.3) is 0 Å². The molecule has 0 amide bonds. The zero-order chi connectivity index (χ0) is 23.7. The van der Waals surface area contributed by atoms with Crippen LogP contribution in [0.2, 0.25) is 5.02 Å². The first kappa shape index (κ1) is 22.3. The van der Waals surface area contributed by atoms with Gasteiger partial charge in [0.2, 0.25) is 5.82 Å². The van der Waals surface area contributed by atoms with E-state index in [1.54, 1.807) is 12.3 Å². The van der Waals surface area contributed by atoms with Crippen LogP contribution < -0.4 is 15.0 Å². The number of nitriles is 1. The summed E-state index contributed by atoms with van der Waals surface area (Å²) in [5, 5.41) is 12.1. The zero-order valence-electron chi connectivity index (χ0n) is 17.8. The molecule has 1 N–H and O–H groups in total. The van der Waals surface area contributed by atoms with E-state index in [4.69, 9.17) is 26.3 Å². The summed E-state index contributed by atoms with van der Waals surface area (Å²) < 4.78 is 41.2. The van der Waals surface area contributed by atoms with Crippen molar-refractivity contribution in [1.82, 2.24) is 15.0 Å². The summed E-state index contributed by atoms with van der Waals surface area (Å²) in [4.78, 5) is 14.4. The standard InChI is InChI=1S/C23H19ClF2N6O2/c24-16-2-4-19(28-7-16)32-8-14-10-33-11-15(9-32)21(14)34-23-20(26)22(29-12-30-23)31-18-3-1-13(6-27)5-17(18)25/h1-5,7,12,14-15,21H,8-11H2,(H,29,30,31). The maximum absolute atomic E-state index is 15.2. The number of benzene rings is 1. The van der Waals surface area contributed by atoms with Crippen LogP contribution in [-0.4, -0.2) is 47.4 Å². The quantitative estimate of drug-likeness (QED) is 0.581. The molecule has 5 rings (SSSR count). The lowest BCUT2D eigenvalue weighted by Gasteiger charge is -2.46. The maximum atomic E-state index is 15.2. The Morgan fingerprint density at radius 2 is 1.91 bits per heavy atom. The molecule has 2 unspecified atom stereocenters. The fraction of sp³-hybridized carbons (Fsp3) is 0.304. The van der Waals surface area contributed by atoms with Crippen molar-refractivity contribution in [2.45, 2.75) is 6.10 Å². The lowest BCUT2D eigenvalue weighted by Crippen LogP contribution is -2.57. The molecule has 11 heteroatoms. The average molecular weight is 485 g/mol. The number of aromatic nitrogens is 3. The minimum Gasteiger partial charge on any atom is -0.471 e. The second-order valence-electron chi connectivity index (χ2n) is 8.15. The number of hydrogen-bond acceptors (Lipinski definition) is 8. The Hall–Kier alpha value is -3.55. The average Bonchev–Trinajstić information content (AvgIpc) is 2.83. The van der Waals surface area contributed by atoms with Crippen LogP contribution in [0.4, 0.5) is 26.1 Å². The highest BCUT2D eigenvalue weighted by atomic mass is 35.5. The monoisotopic (exact) mass is 484 g/mol. The number of anilines is 3. The molecule has 4 heterocycles. The van der Waals surface area contributed by atoms with Gasteiger partial charge in [0.25, 0.3) is 5.88 Å². The highest BCUT2D eigenvalue weighted by molar-refractivity contribution is 6.30. The van der Waals surface area contributed by atoms with E-state index in [-0.39, 0.29) is 40.9 Å².